The maximum atomic E-state index is 12.9. The normalized spacial score (nSPS) is 11.6. The van der Waals surface area contributed by atoms with E-state index >= 15 is 0 Å². The Hall–Kier alpha value is -1.71. The number of anilines is 1. The zero-order valence-corrected chi connectivity index (χ0v) is 14.2. The Labute approximate surface area is 138 Å². The maximum Gasteiger partial charge on any atom is 0.393 e. The molecule has 2 aromatic rings. The summed E-state index contributed by atoms with van der Waals surface area (Å²) in [5, 5.41) is 3.94. The van der Waals surface area contributed by atoms with Gasteiger partial charge in [-0.15, -0.1) is 17.3 Å². The molecule has 1 N–H and O–H groups in total. The highest BCUT2D eigenvalue weighted by atomic mass is 32.1. The average molecular weight is 340 g/mol. The van der Waals surface area contributed by atoms with Crippen LogP contribution in [0.1, 0.15) is 17.4 Å². The van der Waals surface area contributed by atoms with Crippen molar-refractivity contribution < 1.29 is 13.2 Å². The number of hydrogen-bond donors (Lipinski definition) is 1. The molecule has 0 saturated heterocycles. The number of thiophene rings is 1. The minimum absolute atomic E-state index is 0.281. The van der Waals surface area contributed by atoms with Crippen LogP contribution in [0.3, 0.4) is 0 Å². The summed E-state index contributed by atoms with van der Waals surface area (Å²) in [6.45, 7) is 3.21. The molecule has 0 aliphatic heterocycles. The topological polar surface area (TPSA) is 15.3 Å². The quantitative estimate of drug-likeness (QED) is 0.814. The highest BCUT2D eigenvalue weighted by Crippen LogP contribution is 2.38. The number of likely N-dealkylation sites (N-methyl/N-ethyl adjacent to an activating group) is 1. The average Bonchev–Trinajstić information content (AvgIpc) is 2.76. The molecular formula is C17H19F3N2S. The molecule has 1 heterocycles. The first kappa shape index (κ1) is 17.6. The summed E-state index contributed by atoms with van der Waals surface area (Å²) >= 11 is 1.32. The zero-order valence-electron chi connectivity index (χ0n) is 13.3. The number of benzene rings is 1. The van der Waals surface area contributed by atoms with Gasteiger partial charge in [0.25, 0.3) is 0 Å². The zero-order chi connectivity index (χ0) is 17.0. The SMILES string of the molecule is CC#Cc1sc2c(NCCN(C)C)cccc2c1CC(F)(F)F. The molecule has 23 heavy (non-hydrogen) atoms. The Balaban J connectivity index is 2.44. The van der Waals surface area contributed by atoms with Crippen LogP contribution in [0, 0.1) is 11.8 Å². The number of alkyl halides is 3. The molecule has 1 aromatic carbocycles. The molecule has 0 radical (unpaired) electrons. The van der Waals surface area contributed by atoms with Gasteiger partial charge in [0.2, 0.25) is 0 Å². The van der Waals surface area contributed by atoms with Gasteiger partial charge in [-0.25, -0.2) is 0 Å². The van der Waals surface area contributed by atoms with Crippen LogP contribution in [0.5, 0.6) is 0 Å². The van der Waals surface area contributed by atoms with E-state index in [0.717, 1.165) is 23.5 Å². The van der Waals surface area contributed by atoms with Crippen molar-refractivity contribution in [3.8, 4) is 11.8 Å². The molecular weight excluding hydrogens is 321 g/mol. The molecule has 0 spiro atoms. The molecule has 6 heteroatoms. The number of nitrogens with one attached hydrogen (secondary N) is 1. The van der Waals surface area contributed by atoms with E-state index in [1.54, 1.807) is 19.1 Å². The second-order valence-corrected chi connectivity index (χ2v) is 6.51. The van der Waals surface area contributed by atoms with Gasteiger partial charge in [-0.3, -0.25) is 0 Å². The number of rotatable bonds is 5. The van der Waals surface area contributed by atoms with Crippen LogP contribution in [0.4, 0.5) is 18.9 Å². The van der Waals surface area contributed by atoms with Crippen molar-refractivity contribution in [3.05, 3.63) is 28.6 Å². The third kappa shape index (κ3) is 4.63. The fraction of sp³-hybridized carbons (Fsp3) is 0.412. The maximum absolute atomic E-state index is 12.9. The van der Waals surface area contributed by atoms with E-state index in [1.807, 2.05) is 25.1 Å². The molecule has 0 atom stereocenters. The van der Waals surface area contributed by atoms with Crippen molar-refractivity contribution in [1.82, 2.24) is 4.90 Å². The van der Waals surface area contributed by atoms with Gasteiger partial charge in [0.05, 0.1) is 21.7 Å². The molecule has 1 aromatic heterocycles. The molecule has 2 rings (SSSR count). The van der Waals surface area contributed by atoms with Crippen LogP contribution < -0.4 is 5.32 Å². The van der Waals surface area contributed by atoms with E-state index in [9.17, 15) is 13.2 Å². The van der Waals surface area contributed by atoms with Crippen molar-refractivity contribution in [2.75, 3.05) is 32.5 Å². The third-order valence-electron chi connectivity index (χ3n) is 3.31. The van der Waals surface area contributed by atoms with Gasteiger partial charge in [-0.1, -0.05) is 18.1 Å². The summed E-state index contributed by atoms with van der Waals surface area (Å²) in [6.07, 6.45) is -5.19. The van der Waals surface area contributed by atoms with Gasteiger partial charge in [-0.2, -0.15) is 13.2 Å². The first-order valence-corrected chi connectivity index (χ1v) is 8.06. The van der Waals surface area contributed by atoms with E-state index in [1.165, 1.54) is 11.3 Å². The lowest BCUT2D eigenvalue weighted by Gasteiger charge is -2.12. The van der Waals surface area contributed by atoms with Gasteiger partial charge < -0.3 is 10.2 Å². The van der Waals surface area contributed by atoms with E-state index < -0.39 is 12.6 Å². The molecule has 0 aliphatic rings. The highest BCUT2D eigenvalue weighted by molar-refractivity contribution is 7.20. The Kier molecular flexibility index (Phi) is 5.55. The fourth-order valence-corrected chi connectivity index (χ4v) is 3.53. The Morgan fingerprint density at radius 2 is 2.00 bits per heavy atom. The third-order valence-corrected chi connectivity index (χ3v) is 4.51. The summed E-state index contributed by atoms with van der Waals surface area (Å²) in [5.41, 5.74) is 1.14. The van der Waals surface area contributed by atoms with Crippen LogP contribution in [-0.2, 0) is 6.42 Å². The smallest absolute Gasteiger partial charge is 0.383 e. The minimum atomic E-state index is -4.24. The largest absolute Gasteiger partial charge is 0.393 e. The number of halogens is 3. The van der Waals surface area contributed by atoms with Crippen LogP contribution in [0.2, 0.25) is 0 Å². The van der Waals surface area contributed by atoms with Gasteiger partial charge in [-0.05, 0) is 38.0 Å². The summed E-state index contributed by atoms with van der Waals surface area (Å²) in [6, 6.07) is 5.43. The fourth-order valence-electron chi connectivity index (χ4n) is 2.31. The van der Waals surface area contributed by atoms with Crippen molar-refractivity contribution >= 4 is 27.1 Å². The second kappa shape index (κ2) is 7.24. The summed E-state index contributed by atoms with van der Waals surface area (Å²) in [4.78, 5) is 2.55. The van der Waals surface area contributed by atoms with Crippen molar-refractivity contribution in [2.45, 2.75) is 19.5 Å². The van der Waals surface area contributed by atoms with Crippen LogP contribution in [-0.4, -0.2) is 38.3 Å². The van der Waals surface area contributed by atoms with Crippen molar-refractivity contribution in [2.24, 2.45) is 0 Å². The molecule has 124 valence electrons. The lowest BCUT2D eigenvalue weighted by molar-refractivity contribution is -0.126. The molecule has 2 nitrogen and oxygen atoms in total. The predicted octanol–water partition coefficient (Wildman–Crippen LogP) is 4.35. The Morgan fingerprint density at radius 1 is 1.26 bits per heavy atom. The van der Waals surface area contributed by atoms with Gasteiger partial charge in [0.15, 0.2) is 0 Å². The predicted molar refractivity (Wildman–Crippen MR) is 91.2 cm³/mol. The molecule has 0 aliphatic carbocycles. The Bertz CT molecular complexity index is 736. The van der Waals surface area contributed by atoms with Crippen molar-refractivity contribution in [3.63, 3.8) is 0 Å². The Morgan fingerprint density at radius 3 is 2.61 bits per heavy atom. The van der Waals surface area contributed by atoms with Crippen molar-refractivity contribution in [1.29, 1.82) is 0 Å². The van der Waals surface area contributed by atoms with Crippen LogP contribution >= 0.6 is 11.3 Å². The number of nitrogens with zero attached hydrogens (tertiary/aromatic N) is 1. The molecule has 0 saturated carbocycles. The summed E-state index contributed by atoms with van der Waals surface area (Å²) < 4.78 is 39.5. The van der Waals surface area contributed by atoms with E-state index in [4.69, 9.17) is 0 Å². The second-order valence-electron chi connectivity index (χ2n) is 5.49. The van der Waals surface area contributed by atoms with Crippen LogP contribution in [0.15, 0.2) is 18.2 Å². The standard InChI is InChI=1S/C17H19F3N2S/c1-4-6-15-13(11-17(18,19)20)12-7-5-8-14(16(12)23-15)21-9-10-22(2)3/h5,7-8,21H,9-11H2,1-3H3. The highest BCUT2D eigenvalue weighted by Gasteiger charge is 2.31. The summed E-state index contributed by atoms with van der Waals surface area (Å²) in [7, 11) is 3.95. The lowest BCUT2D eigenvalue weighted by Crippen LogP contribution is -2.20. The van der Waals surface area contributed by atoms with Gasteiger partial charge in [0, 0.05) is 13.1 Å². The molecule has 0 amide bonds. The summed E-state index contributed by atoms with van der Waals surface area (Å²) in [5.74, 6) is 5.54. The minimum Gasteiger partial charge on any atom is -0.383 e. The van der Waals surface area contributed by atoms with Gasteiger partial charge >= 0.3 is 6.18 Å². The molecule has 0 bridgehead atoms. The molecule has 0 fully saturated rings. The van der Waals surface area contributed by atoms with Gasteiger partial charge in [0.1, 0.15) is 0 Å². The van der Waals surface area contributed by atoms with E-state index in [-0.39, 0.29) is 5.56 Å². The first-order valence-electron chi connectivity index (χ1n) is 7.24. The lowest BCUT2D eigenvalue weighted by atomic mass is 10.1. The van der Waals surface area contributed by atoms with E-state index in [2.05, 4.69) is 17.2 Å². The number of hydrogen-bond acceptors (Lipinski definition) is 3. The molecule has 0 unspecified atom stereocenters. The van der Waals surface area contributed by atoms with Crippen LogP contribution in [0.25, 0.3) is 10.1 Å². The van der Waals surface area contributed by atoms with E-state index in [0.29, 0.717) is 10.3 Å². The first-order chi connectivity index (χ1) is 10.8. The number of fused-ring (bicyclic) bond motifs is 1. The monoisotopic (exact) mass is 340 g/mol.